The van der Waals surface area contributed by atoms with Gasteiger partial charge in [-0.1, -0.05) is 41.9 Å². The molecule has 2 aromatic rings. The van der Waals surface area contributed by atoms with Crippen LogP contribution in [0.15, 0.2) is 48.5 Å². The lowest BCUT2D eigenvalue weighted by Crippen LogP contribution is -2.58. The molecule has 24 heavy (non-hydrogen) atoms. The van der Waals surface area contributed by atoms with E-state index < -0.39 is 0 Å². The highest BCUT2D eigenvalue weighted by Crippen LogP contribution is 2.36. The second kappa shape index (κ2) is 6.23. The van der Waals surface area contributed by atoms with Crippen molar-refractivity contribution in [1.82, 2.24) is 10.2 Å². The Bertz CT molecular complexity index is 742. The summed E-state index contributed by atoms with van der Waals surface area (Å²) in [6.07, 6.45) is 2.21. The fourth-order valence-corrected chi connectivity index (χ4v) is 3.86. The van der Waals surface area contributed by atoms with E-state index in [-0.39, 0.29) is 5.91 Å². The van der Waals surface area contributed by atoms with Crippen LogP contribution in [-0.2, 0) is 0 Å². The van der Waals surface area contributed by atoms with E-state index in [9.17, 15) is 4.79 Å². The molecule has 0 bridgehead atoms. The van der Waals surface area contributed by atoms with Crippen LogP contribution >= 0.6 is 11.6 Å². The van der Waals surface area contributed by atoms with Gasteiger partial charge in [0.25, 0.3) is 5.91 Å². The molecule has 124 valence electrons. The zero-order valence-electron chi connectivity index (χ0n) is 13.6. The summed E-state index contributed by atoms with van der Waals surface area (Å²) in [6, 6.07) is 15.5. The summed E-state index contributed by atoms with van der Waals surface area (Å²) in [6.45, 7) is 3.93. The molecule has 2 aliphatic rings. The van der Waals surface area contributed by atoms with Crippen LogP contribution in [0.2, 0.25) is 5.02 Å². The molecule has 0 aromatic heterocycles. The van der Waals surface area contributed by atoms with Crippen molar-refractivity contribution in [1.29, 1.82) is 0 Å². The Morgan fingerprint density at radius 2 is 1.67 bits per heavy atom. The van der Waals surface area contributed by atoms with Crippen molar-refractivity contribution in [3.05, 3.63) is 59.1 Å². The molecule has 2 heterocycles. The number of nitrogens with zero attached hydrogens (tertiary/aromatic N) is 1. The van der Waals surface area contributed by atoms with Crippen molar-refractivity contribution in [2.45, 2.75) is 12.8 Å². The molecule has 1 amide bonds. The van der Waals surface area contributed by atoms with E-state index in [1.807, 2.05) is 53.4 Å². The summed E-state index contributed by atoms with van der Waals surface area (Å²) in [5.41, 5.74) is 3.24. The fourth-order valence-electron chi connectivity index (χ4n) is 3.74. The van der Waals surface area contributed by atoms with Gasteiger partial charge in [-0.05, 0) is 47.6 Å². The van der Waals surface area contributed by atoms with Gasteiger partial charge in [0.05, 0.1) is 0 Å². The molecule has 0 atom stereocenters. The molecule has 2 fully saturated rings. The molecule has 3 nitrogen and oxygen atoms in total. The third-order valence-corrected chi connectivity index (χ3v) is 5.68. The molecule has 0 saturated carbocycles. The molecule has 0 aliphatic carbocycles. The summed E-state index contributed by atoms with van der Waals surface area (Å²) < 4.78 is 0. The number of carbonyl (C=O) groups is 1. The van der Waals surface area contributed by atoms with E-state index in [2.05, 4.69) is 5.32 Å². The standard InChI is InChI=1S/C20H21ClN2O/c21-16-7-5-15(6-8-16)17-3-1-2-4-18(17)19(24)23-11-9-20(10-12-23)13-22-14-20/h1-8,22H,9-14H2. The largest absolute Gasteiger partial charge is 0.339 e. The third-order valence-electron chi connectivity index (χ3n) is 5.42. The number of hydrogen-bond donors (Lipinski definition) is 1. The number of piperidine rings is 1. The highest BCUT2D eigenvalue weighted by atomic mass is 35.5. The molecular weight excluding hydrogens is 320 g/mol. The summed E-state index contributed by atoms with van der Waals surface area (Å²) in [7, 11) is 0. The van der Waals surface area contributed by atoms with Gasteiger partial charge in [-0.2, -0.15) is 0 Å². The van der Waals surface area contributed by atoms with Crippen molar-refractivity contribution < 1.29 is 4.79 Å². The number of nitrogens with one attached hydrogen (secondary N) is 1. The minimum Gasteiger partial charge on any atom is -0.339 e. The zero-order chi connectivity index (χ0) is 16.6. The molecule has 2 saturated heterocycles. The summed E-state index contributed by atoms with van der Waals surface area (Å²) in [5, 5.41) is 4.07. The van der Waals surface area contributed by atoms with Gasteiger partial charge in [0.1, 0.15) is 0 Å². The van der Waals surface area contributed by atoms with Gasteiger partial charge in [0.15, 0.2) is 0 Å². The molecule has 2 aromatic carbocycles. The van der Waals surface area contributed by atoms with E-state index in [0.717, 1.165) is 55.7 Å². The maximum atomic E-state index is 13.1. The van der Waals surface area contributed by atoms with Crippen molar-refractivity contribution in [2.24, 2.45) is 5.41 Å². The Balaban J connectivity index is 1.57. The van der Waals surface area contributed by atoms with Gasteiger partial charge in [-0.25, -0.2) is 0 Å². The summed E-state index contributed by atoms with van der Waals surface area (Å²) in [4.78, 5) is 15.1. The topological polar surface area (TPSA) is 32.3 Å². The van der Waals surface area contributed by atoms with Crippen LogP contribution < -0.4 is 5.32 Å². The molecule has 0 unspecified atom stereocenters. The predicted molar refractivity (Wildman–Crippen MR) is 97.3 cm³/mol. The SMILES string of the molecule is O=C(c1ccccc1-c1ccc(Cl)cc1)N1CCC2(CC1)CNC2. The normalized spacial score (nSPS) is 19.1. The van der Waals surface area contributed by atoms with Crippen LogP contribution in [-0.4, -0.2) is 37.0 Å². The van der Waals surface area contributed by atoms with Crippen molar-refractivity contribution in [3.8, 4) is 11.1 Å². The van der Waals surface area contributed by atoms with Crippen molar-refractivity contribution in [3.63, 3.8) is 0 Å². The Morgan fingerprint density at radius 1 is 1.00 bits per heavy atom. The lowest BCUT2D eigenvalue weighted by atomic mass is 9.73. The number of halogens is 1. The van der Waals surface area contributed by atoms with Gasteiger partial charge in [0.2, 0.25) is 0 Å². The number of amides is 1. The molecule has 0 radical (unpaired) electrons. The Kier molecular flexibility index (Phi) is 4.07. The van der Waals surface area contributed by atoms with Crippen molar-refractivity contribution in [2.75, 3.05) is 26.2 Å². The maximum Gasteiger partial charge on any atom is 0.254 e. The molecule has 1 spiro atoms. The van der Waals surface area contributed by atoms with Gasteiger partial charge < -0.3 is 10.2 Å². The quantitative estimate of drug-likeness (QED) is 0.901. The first-order chi connectivity index (χ1) is 11.7. The third kappa shape index (κ3) is 2.83. The van der Waals surface area contributed by atoms with E-state index in [0.29, 0.717) is 10.4 Å². The predicted octanol–water partition coefficient (Wildman–Crippen LogP) is 3.83. The number of rotatable bonds is 2. The number of benzene rings is 2. The lowest BCUT2D eigenvalue weighted by Gasteiger charge is -2.48. The molecular formula is C20H21ClN2O. The Labute approximate surface area is 147 Å². The average molecular weight is 341 g/mol. The average Bonchev–Trinajstić information content (AvgIpc) is 2.61. The Morgan fingerprint density at radius 3 is 2.29 bits per heavy atom. The van der Waals surface area contributed by atoms with Crippen LogP contribution in [0, 0.1) is 5.41 Å². The highest BCUT2D eigenvalue weighted by molar-refractivity contribution is 6.30. The van der Waals surface area contributed by atoms with Crippen LogP contribution in [0.3, 0.4) is 0 Å². The monoisotopic (exact) mass is 340 g/mol. The summed E-state index contributed by atoms with van der Waals surface area (Å²) >= 11 is 5.99. The Hall–Kier alpha value is -1.84. The number of carbonyl (C=O) groups excluding carboxylic acids is 1. The summed E-state index contributed by atoms with van der Waals surface area (Å²) in [5.74, 6) is 0.141. The van der Waals surface area contributed by atoms with Crippen LogP contribution in [0.1, 0.15) is 23.2 Å². The minimum atomic E-state index is 0.141. The number of likely N-dealkylation sites (tertiary alicyclic amines) is 1. The first kappa shape index (κ1) is 15.7. The van der Waals surface area contributed by atoms with Gasteiger partial charge in [-0.3, -0.25) is 4.79 Å². The van der Waals surface area contributed by atoms with E-state index in [1.54, 1.807) is 0 Å². The van der Waals surface area contributed by atoms with Crippen LogP contribution in [0.5, 0.6) is 0 Å². The van der Waals surface area contributed by atoms with Gasteiger partial charge in [-0.15, -0.1) is 0 Å². The van der Waals surface area contributed by atoms with Crippen LogP contribution in [0.25, 0.3) is 11.1 Å². The number of hydrogen-bond acceptors (Lipinski definition) is 2. The first-order valence-corrected chi connectivity index (χ1v) is 8.90. The van der Waals surface area contributed by atoms with E-state index in [4.69, 9.17) is 11.6 Å². The molecule has 2 aliphatic heterocycles. The maximum absolute atomic E-state index is 13.1. The first-order valence-electron chi connectivity index (χ1n) is 8.52. The van der Waals surface area contributed by atoms with Gasteiger partial charge >= 0.3 is 0 Å². The van der Waals surface area contributed by atoms with E-state index >= 15 is 0 Å². The molecule has 1 N–H and O–H groups in total. The molecule has 4 rings (SSSR count). The van der Waals surface area contributed by atoms with Crippen molar-refractivity contribution >= 4 is 17.5 Å². The fraction of sp³-hybridized carbons (Fsp3) is 0.350. The molecule has 4 heteroatoms. The van der Waals surface area contributed by atoms with E-state index in [1.165, 1.54) is 0 Å². The zero-order valence-corrected chi connectivity index (χ0v) is 14.4. The second-order valence-corrected chi connectivity index (χ2v) is 7.38. The smallest absolute Gasteiger partial charge is 0.254 e. The minimum absolute atomic E-state index is 0.141. The highest BCUT2D eigenvalue weighted by Gasteiger charge is 2.40. The lowest BCUT2D eigenvalue weighted by molar-refractivity contribution is 0.0415. The second-order valence-electron chi connectivity index (χ2n) is 6.95. The van der Waals surface area contributed by atoms with Crippen LogP contribution in [0.4, 0.5) is 0 Å². The van der Waals surface area contributed by atoms with Gasteiger partial charge in [0, 0.05) is 36.8 Å².